The van der Waals surface area contributed by atoms with E-state index >= 15 is 0 Å². The molecule has 0 fully saturated rings. The first kappa shape index (κ1) is 35.2. The number of hydrogen-bond donors (Lipinski definition) is 1. The van der Waals surface area contributed by atoms with Gasteiger partial charge in [0.15, 0.2) is 11.5 Å². The standard InChI is InChI=1S/C21H23N3O4S.C13H15ClN2O2S/c1-13-9-15-20(22-11-14-7-8-16-17(10-14)28-12-27-16)23-18(24-21(15)29-13)5-3-4-6-19(25)26-2;1-8-7-9-12(14)15-10(16-13(9)19-8)5-3-4-6-11(17)18-2/h7-10H,3-6,11-12H2,1-2H3,(H,22,23,24);7H,3-6H2,1-2H3. The minimum absolute atomic E-state index is 0.178. The van der Waals surface area contributed by atoms with Crippen LogP contribution >= 0.6 is 34.3 Å². The fraction of sp³-hybridized carbons (Fsp3) is 0.412. The molecular formula is C34H38ClN5O6S2. The van der Waals surface area contributed by atoms with Gasteiger partial charge in [-0.2, -0.15) is 0 Å². The number of fused-ring (bicyclic) bond motifs is 3. The number of aryl methyl sites for hydroxylation is 4. The molecule has 5 heterocycles. The van der Waals surface area contributed by atoms with Crippen molar-refractivity contribution in [2.45, 2.75) is 71.8 Å². The molecule has 5 aromatic rings. The molecule has 0 saturated carbocycles. The molecule has 1 aliphatic rings. The van der Waals surface area contributed by atoms with Crippen molar-refractivity contribution in [2.75, 3.05) is 26.3 Å². The van der Waals surface area contributed by atoms with E-state index < -0.39 is 0 Å². The minimum Gasteiger partial charge on any atom is -0.469 e. The van der Waals surface area contributed by atoms with Gasteiger partial charge in [-0.3, -0.25) is 9.59 Å². The summed E-state index contributed by atoms with van der Waals surface area (Å²) in [6.45, 7) is 4.99. The van der Waals surface area contributed by atoms with Crippen molar-refractivity contribution in [3.63, 3.8) is 0 Å². The van der Waals surface area contributed by atoms with Gasteiger partial charge in [0.05, 0.1) is 19.6 Å². The van der Waals surface area contributed by atoms with Crippen LogP contribution < -0.4 is 14.8 Å². The van der Waals surface area contributed by atoms with Crippen LogP contribution in [0.25, 0.3) is 20.4 Å². The Morgan fingerprint density at radius 2 is 1.38 bits per heavy atom. The molecule has 1 N–H and O–H groups in total. The lowest BCUT2D eigenvalue weighted by atomic mass is 10.2. The molecule has 0 amide bonds. The molecule has 48 heavy (non-hydrogen) atoms. The van der Waals surface area contributed by atoms with Crippen LogP contribution in [0.4, 0.5) is 5.82 Å². The Balaban J connectivity index is 0.000000206. The van der Waals surface area contributed by atoms with Crippen LogP contribution in [0.5, 0.6) is 11.5 Å². The zero-order valence-electron chi connectivity index (χ0n) is 27.4. The van der Waals surface area contributed by atoms with Gasteiger partial charge < -0.3 is 24.3 Å². The molecule has 4 aromatic heterocycles. The Kier molecular flexibility index (Phi) is 12.4. The summed E-state index contributed by atoms with van der Waals surface area (Å²) in [5.41, 5.74) is 1.09. The molecule has 0 spiro atoms. The summed E-state index contributed by atoms with van der Waals surface area (Å²) in [6.07, 6.45) is 5.53. The lowest BCUT2D eigenvalue weighted by molar-refractivity contribution is -0.141. The van der Waals surface area contributed by atoms with Crippen LogP contribution in [-0.2, 0) is 38.4 Å². The third-order valence-electron chi connectivity index (χ3n) is 7.49. The predicted molar refractivity (Wildman–Crippen MR) is 188 cm³/mol. The van der Waals surface area contributed by atoms with Crippen LogP contribution in [0.1, 0.15) is 65.5 Å². The first-order valence-electron chi connectivity index (χ1n) is 15.7. The molecule has 0 saturated heterocycles. The van der Waals surface area contributed by atoms with Crippen molar-refractivity contribution in [3.8, 4) is 11.5 Å². The average Bonchev–Trinajstić information content (AvgIpc) is 3.81. The van der Waals surface area contributed by atoms with Gasteiger partial charge >= 0.3 is 11.9 Å². The fourth-order valence-corrected chi connectivity index (χ4v) is 7.13. The molecule has 0 unspecified atom stereocenters. The summed E-state index contributed by atoms with van der Waals surface area (Å²) in [7, 11) is 2.81. The molecule has 14 heteroatoms. The lowest BCUT2D eigenvalue weighted by Gasteiger charge is -2.10. The summed E-state index contributed by atoms with van der Waals surface area (Å²) in [5.74, 6) is 3.56. The Morgan fingerprint density at radius 3 is 2.02 bits per heavy atom. The van der Waals surface area contributed by atoms with Gasteiger partial charge in [-0.25, -0.2) is 19.9 Å². The van der Waals surface area contributed by atoms with Crippen LogP contribution in [0.2, 0.25) is 5.15 Å². The number of rotatable bonds is 13. The topological polar surface area (TPSA) is 135 Å². The number of methoxy groups -OCH3 is 2. The third-order valence-corrected chi connectivity index (χ3v) is 9.67. The zero-order valence-corrected chi connectivity index (χ0v) is 29.8. The van der Waals surface area contributed by atoms with Gasteiger partial charge in [0.25, 0.3) is 0 Å². The first-order valence-corrected chi connectivity index (χ1v) is 17.7. The largest absolute Gasteiger partial charge is 0.469 e. The number of nitrogens with one attached hydrogen (secondary N) is 1. The van der Waals surface area contributed by atoms with Crippen LogP contribution in [0, 0.1) is 13.8 Å². The van der Waals surface area contributed by atoms with E-state index in [0.29, 0.717) is 24.5 Å². The van der Waals surface area contributed by atoms with Crippen molar-refractivity contribution < 1.29 is 28.5 Å². The van der Waals surface area contributed by atoms with Gasteiger partial charge in [0.2, 0.25) is 6.79 Å². The number of halogens is 1. The summed E-state index contributed by atoms with van der Waals surface area (Å²) < 4.78 is 20.1. The van der Waals surface area contributed by atoms with Crippen molar-refractivity contribution in [1.29, 1.82) is 0 Å². The zero-order chi connectivity index (χ0) is 34.0. The number of nitrogens with zero attached hydrogens (tertiary/aromatic N) is 4. The van der Waals surface area contributed by atoms with E-state index in [4.69, 9.17) is 31.0 Å². The van der Waals surface area contributed by atoms with Gasteiger partial charge in [-0.15, -0.1) is 22.7 Å². The fourth-order valence-electron chi connectivity index (χ4n) is 5.04. The van der Waals surface area contributed by atoms with Crippen molar-refractivity contribution in [3.05, 3.63) is 62.5 Å². The van der Waals surface area contributed by atoms with Crippen LogP contribution in [-0.4, -0.2) is 52.9 Å². The van der Waals surface area contributed by atoms with E-state index in [2.05, 4.69) is 37.7 Å². The summed E-state index contributed by atoms with van der Waals surface area (Å²) in [6, 6.07) is 10.1. The summed E-state index contributed by atoms with van der Waals surface area (Å²) in [5, 5.41) is 5.92. The SMILES string of the molecule is COC(=O)CCCCc1nc(Cl)c2cc(C)sc2n1.COC(=O)CCCCc1nc(NCc2ccc3c(c2)OCO3)c2cc(C)sc2n1. The third kappa shape index (κ3) is 9.51. The smallest absolute Gasteiger partial charge is 0.305 e. The van der Waals surface area contributed by atoms with E-state index in [9.17, 15) is 9.59 Å². The first-order chi connectivity index (χ1) is 23.2. The van der Waals surface area contributed by atoms with Gasteiger partial charge in [0.1, 0.15) is 32.3 Å². The van der Waals surface area contributed by atoms with Crippen LogP contribution in [0.15, 0.2) is 30.3 Å². The highest BCUT2D eigenvalue weighted by Gasteiger charge is 2.15. The molecule has 0 radical (unpaired) electrons. The summed E-state index contributed by atoms with van der Waals surface area (Å²) in [4.78, 5) is 44.8. The highest BCUT2D eigenvalue weighted by molar-refractivity contribution is 7.19. The van der Waals surface area contributed by atoms with E-state index in [1.807, 2.05) is 31.2 Å². The lowest BCUT2D eigenvalue weighted by Crippen LogP contribution is -2.05. The number of carbonyl (C=O) groups is 2. The average molecular weight is 712 g/mol. The maximum absolute atomic E-state index is 11.3. The van der Waals surface area contributed by atoms with E-state index in [-0.39, 0.29) is 18.7 Å². The number of thiophene rings is 2. The molecule has 0 bridgehead atoms. The number of unbranched alkanes of at least 4 members (excludes halogenated alkanes) is 2. The molecule has 0 atom stereocenters. The number of anilines is 1. The molecule has 1 aromatic carbocycles. The molecule has 1 aliphatic heterocycles. The molecule has 254 valence electrons. The highest BCUT2D eigenvalue weighted by atomic mass is 35.5. The number of carbonyl (C=O) groups excluding carboxylic acids is 2. The maximum atomic E-state index is 11.3. The maximum Gasteiger partial charge on any atom is 0.305 e. The number of esters is 2. The highest BCUT2D eigenvalue weighted by Crippen LogP contribution is 2.34. The number of aromatic nitrogens is 4. The molecular weight excluding hydrogens is 674 g/mol. The normalized spacial score (nSPS) is 11.8. The Bertz CT molecular complexity index is 1900. The van der Waals surface area contributed by atoms with Crippen LogP contribution in [0.3, 0.4) is 0 Å². The monoisotopic (exact) mass is 711 g/mol. The van der Waals surface area contributed by atoms with E-state index in [1.165, 1.54) is 24.0 Å². The number of ether oxygens (including phenoxy) is 4. The van der Waals surface area contributed by atoms with E-state index in [1.54, 1.807) is 22.7 Å². The van der Waals surface area contributed by atoms with Gasteiger partial charge in [-0.05, 0) is 69.4 Å². The van der Waals surface area contributed by atoms with Crippen molar-refractivity contribution in [1.82, 2.24) is 19.9 Å². The number of hydrogen-bond acceptors (Lipinski definition) is 13. The quantitative estimate of drug-likeness (QED) is 0.0729. The second-order valence-electron chi connectivity index (χ2n) is 11.2. The number of benzene rings is 1. The molecule has 11 nitrogen and oxygen atoms in total. The van der Waals surface area contributed by atoms with E-state index in [0.717, 1.165) is 93.5 Å². The predicted octanol–water partition coefficient (Wildman–Crippen LogP) is 7.77. The molecule has 0 aliphatic carbocycles. The Morgan fingerprint density at radius 1 is 0.792 bits per heavy atom. The second kappa shape index (κ2) is 16.8. The Hall–Kier alpha value is -4.07. The summed E-state index contributed by atoms with van der Waals surface area (Å²) >= 11 is 9.43. The van der Waals surface area contributed by atoms with Crippen molar-refractivity contribution in [2.24, 2.45) is 0 Å². The minimum atomic E-state index is -0.179. The van der Waals surface area contributed by atoms with Gasteiger partial charge in [0, 0.05) is 47.4 Å². The Labute approximate surface area is 292 Å². The molecule has 6 rings (SSSR count). The second-order valence-corrected chi connectivity index (χ2v) is 14.0. The van der Waals surface area contributed by atoms with Gasteiger partial charge in [-0.1, -0.05) is 17.7 Å². The van der Waals surface area contributed by atoms with Crippen molar-refractivity contribution >= 4 is 72.5 Å².